The average Bonchev–Trinajstić information content (AvgIpc) is 2.82. The van der Waals surface area contributed by atoms with Crippen molar-refractivity contribution in [2.24, 2.45) is 0 Å². The predicted molar refractivity (Wildman–Crippen MR) is 86.2 cm³/mol. The Bertz CT molecular complexity index is 608. The van der Waals surface area contributed by atoms with Crippen LogP contribution in [0, 0.1) is 0 Å². The second-order valence-electron chi connectivity index (χ2n) is 4.34. The molecule has 0 aliphatic heterocycles. The van der Waals surface area contributed by atoms with Gasteiger partial charge in [-0.2, -0.15) is 0 Å². The third kappa shape index (κ3) is 4.71. The molecule has 0 saturated carbocycles. The number of rotatable bonds is 7. The quantitative estimate of drug-likeness (QED) is 0.693. The summed E-state index contributed by atoms with van der Waals surface area (Å²) < 4.78 is 11.4. The summed E-state index contributed by atoms with van der Waals surface area (Å²) in [5, 5.41) is 0. The van der Waals surface area contributed by atoms with Gasteiger partial charge in [0.05, 0.1) is 16.5 Å². The Labute approximate surface area is 137 Å². The van der Waals surface area contributed by atoms with E-state index in [9.17, 15) is 4.79 Å². The van der Waals surface area contributed by atoms with Crippen molar-refractivity contribution >= 4 is 40.3 Å². The normalized spacial score (nSPS) is 10.6. The minimum Gasteiger partial charge on any atom is -0.485 e. The molecule has 0 fully saturated rings. The fourth-order valence-electron chi connectivity index (χ4n) is 1.73. The third-order valence-corrected chi connectivity index (χ3v) is 4.33. The first-order valence-corrected chi connectivity index (χ1v) is 7.86. The van der Waals surface area contributed by atoms with Crippen molar-refractivity contribution in [2.75, 3.05) is 20.3 Å². The molecule has 21 heavy (non-hydrogen) atoms. The van der Waals surface area contributed by atoms with Crippen LogP contribution in [-0.4, -0.2) is 26.1 Å². The zero-order chi connectivity index (χ0) is 15.2. The van der Waals surface area contributed by atoms with Gasteiger partial charge in [-0.3, -0.25) is 4.79 Å². The Morgan fingerprint density at radius 1 is 1.24 bits per heavy atom. The number of methoxy groups -OCH3 is 1. The molecule has 0 radical (unpaired) electrons. The Morgan fingerprint density at radius 3 is 2.52 bits per heavy atom. The van der Waals surface area contributed by atoms with Crippen LogP contribution in [0.15, 0.2) is 30.3 Å². The zero-order valence-corrected chi connectivity index (χ0v) is 13.7. The van der Waals surface area contributed by atoms with Gasteiger partial charge in [-0.1, -0.05) is 35.3 Å². The summed E-state index contributed by atoms with van der Waals surface area (Å²) in [7, 11) is 1.67. The van der Waals surface area contributed by atoms with Crippen LogP contribution < -0.4 is 4.74 Å². The lowest BCUT2D eigenvalue weighted by molar-refractivity contribution is 0.0922. The maximum Gasteiger partial charge on any atom is 0.202 e. The molecule has 6 heteroatoms. The van der Waals surface area contributed by atoms with Crippen molar-refractivity contribution in [2.45, 2.75) is 6.42 Å². The van der Waals surface area contributed by atoms with Gasteiger partial charge in [0.15, 0.2) is 6.61 Å². The zero-order valence-electron chi connectivity index (χ0n) is 11.4. The van der Waals surface area contributed by atoms with Gasteiger partial charge in [0.2, 0.25) is 5.78 Å². The number of hydrogen-bond donors (Lipinski definition) is 0. The number of carbonyl (C=O) groups is 1. The van der Waals surface area contributed by atoms with Crippen LogP contribution >= 0.6 is 34.5 Å². The molecule has 0 saturated heterocycles. The molecule has 3 nitrogen and oxygen atoms in total. The van der Waals surface area contributed by atoms with E-state index in [2.05, 4.69) is 0 Å². The molecular weight excluding hydrogens is 331 g/mol. The highest BCUT2D eigenvalue weighted by Crippen LogP contribution is 2.31. The highest BCUT2D eigenvalue weighted by atomic mass is 35.5. The molecule has 1 heterocycles. The first kappa shape index (κ1) is 16.3. The van der Waals surface area contributed by atoms with Crippen molar-refractivity contribution in [3.8, 4) is 5.75 Å². The summed E-state index contributed by atoms with van der Waals surface area (Å²) >= 11 is 12.9. The Balaban J connectivity index is 1.90. The van der Waals surface area contributed by atoms with Gasteiger partial charge in [-0.25, -0.2) is 0 Å². The molecule has 0 aliphatic carbocycles. The largest absolute Gasteiger partial charge is 0.485 e. The number of ether oxygens (including phenoxy) is 2. The summed E-state index contributed by atoms with van der Waals surface area (Å²) in [5.41, 5.74) is 1.56. The van der Waals surface area contributed by atoms with Crippen LogP contribution in [0.4, 0.5) is 0 Å². The lowest BCUT2D eigenvalue weighted by Gasteiger charge is -2.06. The molecule has 112 valence electrons. The fraction of sp³-hybridized carbons (Fsp3) is 0.267. The number of hydrogen-bond acceptors (Lipinski definition) is 4. The maximum absolute atomic E-state index is 12.0. The monoisotopic (exact) mass is 344 g/mol. The van der Waals surface area contributed by atoms with Crippen molar-refractivity contribution in [1.29, 1.82) is 0 Å². The lowest BCUT2D eigenvalue weighted by Crippen LogP contribution is -2.11. The van der Waals surface area contributed by atoms with Crippen molar-refractivity contribution < 1.29 is 14.3 Å². The third-order valence-electron chi connectivity index (χ3n) is 2.85. The average molecular weight is 345 g/mol. The summed E-state index contributed by atoms with van der Waals surface area (Å²) in [6.07, 6.45) is 0.846. The highest BCUT2D eigenvalue weighted by molar-refractivity contribution is 7.20. The minimum absolute atomic E-state index is 0.0653. The fourth-order valence-corrected chi connectivity index (χ4v) is 3.23. The Hall–Kier alpha value is -1.07. The molecule has 0 aliphatic rings. The van der Waals surface area contributed by atoms with Crippen LogP contribution in [0.3, 0.4) is 0 Å². The second-order valence-corrected chi connectivity index (χ2v) is 6.62. The summed E-state index contributed by atoms with van der Waals surface area (Å²) in [4.78, 5) is 12.0. The van der Waals surface area contributed by atoms with Gasteiger partial charge in [-0.15, -0.1) is 11.3 Å². The van der Waals surface area contributed by atoms with Crippen LogP contribution in [0.2, 0.25) is 8.67 Å². The van der Waals surface area contributed by atoms with E-state index in [-0.39, 0.29) is 12.4 Å². The smallest absolute Gasteiger partial charge is 0.202 e. The van der Waals surface area contributed by atoms with Gasteiger partial charge < -0.3 is 9.47 Å². The molecule has 0 spiro atoms. The maximum atomic E-state index is 12.0. The molecule has 0 amide bonds. The van der Waals surface area contributed by atoms with E-state index >= 15 is 0 Å². The second kappa shape index (κ2) is 7.80. The van der Waals surface area contributed by atoms with E-state index < -0.39 is 0 Å². The number of benzene rings is 1. The van der Waals surface area contributed by atoms with Crippen LogP contribution in [0.1, 0.15) is 15.9 Å². The first-order chi connectivity index (χ1) is 10.1. The van der Waals surface area contributed by atoms with Gasteiger partial charge in [0.25, 0.3) is 0 Å². The van der Waals surface area contributed by atoms with E-state index in [0.717, 1.165) is 12.0 Å². The van der Waals surface area contributed by atoms with Gasteiger partial charge in [0.1, 0.15) is 10.1 Å². The number of carbonyl (C=O) groups excluding carboxylic acids is 1. The molecule has 0 bridgehead atoms. The van der Waals surface area contributed by atoms with Crippen LogP contribution in [-0.2, 0) is 11.2 Å². The van der Waals surface area contributed by atoms with Crippen molar-refractivity contribution in [3.05, 3.63) is 50.1 Å². The minimum atomic E-state index is -0.188. The topological polar surface area (TPSA) is 35.5 Å². The first-order valence-electron chi connectivity index (χ1n) is 6.29. The molecule has 2 rings (SSSR count). The Morgan fingerprint density at radius 2 is 1.95 bits per heavy atom. The highest BCUT2D eigenvalue weighted by Gasteiger charge is 2.14. The number of Topliss-reactive ketones (excluding diaryl/α,β-unsaturated/α-hetero) is 1. The number of thiophene rings is 1. The molecule has 0 N–H and O–H groups in total. The van der Waals surface area contributed by atoms with E-state index in [1.165, 1.54) is 11.3 Å². The van der Waals surface area contributed by atoms with Crippen molar-refractivity contribution in [1.82, 2.24) is 0 Å². The van der Waals surface area contributed by atoms with Gasteiger partial charge >= 0.3 is 0 Å². The van der Waals surface area contributed by atoms with Crippen LogP contribution in [0.25, 0.3) is 0 Å². The summed E-state index contributed by atoms with van der Waals surface area (Å²) in [5.74, 6) is 0.452. The van der Waals surface area contributed by atoms with Gasteiger partial charge in [0, 0.05) is 7.11 Å². The molecule has 2 aromatic rings. The number of halogens is 2. The van der Waals surface area contributed by atoms with E-state index in [1.54, 1.807) is 13.2 Å². The molecule has 0 atom stereocenters. The predicted octanol–water partition coefficient (Wildman–Crippen LogP) is 4.51. The SMILES string of the molecule is COCCc1ccc(OCC(=O)c2cc(Cl)sc2Cl)cc1. The van der Waals surface area contributed by atoms with E-state index in [4.69, 9.17) is 32.7 Å². The molecule has 1 aromatic heterocycles. The van der Waals surface area contributed by atoms with E-state index in [1.807, 2.05) is 24.3 Å². The Kier molecular flexibility index (Phi) is 6.06. The summed E-state index contributed by atoms with van der Waals surface area (Å²) in [6.45, 7) is 0.611. The molecule has 1 aromatic carbocycles. The van der Waals surface area contributed by atoms with E-state index in [0.29, 0.717) is 26.6 Å². The van der Waals surface area contributed by atoms with Gasteiger partial charge in [-0.05, 0) is 30.2 Å². The molecule has 0 unspecified atom stereocenters. The van der Waals surface area contributed by atoms with Crippen molar-refractivity contribution in [3.63, 3.8) is 0 Å². The van der Waals surface area contributed by atoms with Crippen LogP contribution in [0.5, 0.6) is 5.75 Å². The molecular formula is C15H14Cl2O3S. The standard InChI is InChI=1S/C15H14Cl2O3S/c1-19-7-6-10-2-4-11(5-3-10)20-9-13(18)12-8-14(16)21-15(12)17/h2-5,8H,6-7,9H2,1H3. The number of ketones is 1. The lowest BCUT2D eigenvalue weighted by atomic mass is 10.1. The summed E-state index contributed by atoms with van der Waals surface area (Å²) in [6, 6.07) is 9.13.